The van der Waals surface area contributed by atoms with E-state index in [1.165, 1.54) is 5.57 Å². The average Bonchev–Trinajstić information content (AvgIpc) is 3.51. The summed E-state index contributed by atoms with van der Waals surface area (Å²) >= 11 is 1.55. The first-order valence-corrected chi connectivity index (χ1v) is 18.8. The number of carbonyl (C=O) groups excluding carboxylic acids is 2. The van der Waals surface area contributed by atoms with E-state index in [9.17, 15) is 9.59 Å². The van der Waals surface area contributed by atoms with Crippen LogP contribution in [0.4, 0.5) is 5.69 Å². The summed E-state index contributed by atoms with van der Waals surface area (Å²) in [6.45, 7) is 5.57. The number of pyridine rings is 1. The number of benzene rings is 2. The molecule has 1 saturated heterocycles. The van der Waals surface area contributed by atoms with Crippen LogP contribution < -0.4 is 10.1 Å². The van der Waals surface area contributed by atoms with Gasteiger partial charge in [-0.1, -0.05) is 30.3 Å². The minimum Gasteiger partial charge on any atom is -0.474 e. The number of rotatable bonds is 11. The molecule has 262 valence electrons. The van der Waals surface area contributed by atoms with Crippen LogP contribution in [0.15, 0.2) is 73.2 Å². The number of aromatic nitrogens is 6. The Morgan fingerprint density at radius 3 is 2.57 bits per heavy atom. The Hall–Kier alpha value is -5.01. The maximum absolute atomic E-state index is 13.8. The lowest BCUT2D eigenvalue weighted by atomic mass is 9.98. The number of ether oxygens (including phenoxy) is 1. The molecule has 3 aromatic heterocycles. The number of aryl methyl sites for hydroxylation is 1. The molecule has 51 heavy (non-hydrogen) atoms. The van der Waals surface area contributed by atoms with Crippen LogP contribution >= 0.6 is 11.8 Å². The Morgan fingerprint density at radius 1 is 1.04 bits per heavy atom. The molecule has 1 atom stereocenters. The summed E-state index contributed by atoms with van der Waals surface area (Å²) in [6, 6.07) is 17.9. The monoisotopic (exact) mass is 703 g/mol. The standard InChI is InChI=1S/C38H41N9O3S/c1-3-47-24-40-36(44-47)27-6-4-25(5-7-27)26-14-17-46(18-15-26)34(48)22-45-19-16-38(23-45,51-2)37(49)41-29-9-12-32-31(20-29)35(43-42-32)28-8-13-33(39-21-28)50-30-10-11-30/h4-9,12-14,20-21,24,30H,3,10-11,15-19,22-23H2,1-2H3,(H,41,49)(H,42,43)/t38-/m0/s1. The number of hydrogen-bond acceptors (Lipinski definition) is 9. The number of anilines is 1. The number of nitrogens with one attached hydrogen (secondary N) is 2. The van der Waals surface area contributed by atoms with Crippen LogP contribution in [-0.2, 0) is 16.1 Å². The lowest BCUT2D eigenvalue weighted by Gasteiger charge is -2.29. The number of hydrogen-bond donors (Lipinski definition) is 2. The Balaban J connectivity index is 0.869. The van der Waals surface area contributed by atoms with Gasteiger partial charge in [0.2, 0.25) is 17.7 Å². The summed E-state index contributed by atoms with van der Waals surface area (Å²) in [7, 11) is 0. The van der Waals surface area contributed by atoms with E-state index >= 15 is 0 Å². The minimum atomic E-state index is -0.652. The van der Waals surface area contributed by atoms with Crippen LogP contribution in [-0.4, -0.2) is 101 Å². The van der Waals surface area contributed by atoms with E-state index < -0.39 is 4.75 Å². The van der Waals surface area contributed by atoms with Crippen LogP contribution in [0.3, 0.4) is 0 Å². The van der Waals surface area contributed by atoms with Gasteiger partial charge in [0.25, 0.3) is 0 Å². The van der Waals surface area contributed by atoms with E-state index in [1.807, 2.05) is 53.1 Å². The second kappa shape index (κ2) is 14.0. The van der Waals surface area contributed by atoms with E-state index in [2.05, 4.69) is 65.8 Å². The first-order chi connectivity index (χ1) is 24.9. The second-order valence-electron chi connectivity index (χ2n) is 13.5. The summed E-state index contributed by atoms with van der Waals surface area (Å²) < 4.78 is 6.96. The number of carbonyl (C=O) groups is 2. The summed E-state index contributed by atoms with van der Waals surface area (Å²) in [5.41, 5.74) is 6.60. The lowest BCUT2D eigenvalue weighted by Crippen LogP contribution is -2.45. The number of H-pyrrole nitrogens is 1. The molecular weight excluding hydrogens is 663 g/mol. The summed E-state index contributed by atoms with van der Waals surface area (Å²) in [4.78, 5) is 40.1. The van der Waals surface area contributed by atoms with Gasteiger partial charge in [0, 0.05) is 67.2 Å². The van der Waals surface area contributed by atoms with Crippen molar-refractivity contribution in [3.8, 4) is 28.5 Å². The summed E-state index contributed by atoms with van der Waals surface area (Å²) in [5, 5.41) is 16.2. The molecule has 1 aliphatic carbocycles. The van der Waals surface area contributed by atoms with Gasteiger partial charge in [0.15, 0.2) is 5.82 Å². The highest BCUT2D eigenvalue weighted by Crippen LogP contribution is 2.36. The Kier molecular flexibility index (Phi) is 9.07. The Morgan fingerprint density at radius 2 is 1.86 bits per heavy atom. The van der Waals surface area contributed by atoms with Gasteiger partial charge >= 0.3 is 0 Å². The fraction of sp³-hybridized carbons (Fsp3) is 0.368. The molecular formula is C38H41N9O3S. The van der Waals surface area contributed by atoms with Gasteiger partial charge in [-0.15, -0.1) is 11.8 Å². The van der Waals surface area contributed by atoms with Crippen molar-refractivity contribution in [1.29, 1.82) is 0 Å². The predicted octanol–water partition coefficient (Wildman–Crippen LogP) is 5.51. The molecule has 0 bridgehead atoms. The third-order valence-electron chi connectivity index (χ3n) is 10.1. The first-order valence-electron chi connectivity index (χ1n) is 17.6. The Bertz CT molecular complexity index is 2090. The molecule has 0 radical (unpaired) electrons. The SMILES string of the molecule is CCn1cnc(-c2ccc(C3=CCN(C(=O)CN4CC[C@@](SC)(C(=O)Nc5ccc6[nH]nc(-c7ccc(OC8CC8)nc7)c6c5)C4)CC3)cc2)n1. The van der Waals surface area contributed by atoms with Crippen molar-refractivity contribution in [2.45, 2.75) is 50.0 Å². The number of aromatic amines is 1. The molecule has 12 nitrogen and oxygen atoms in total. The van der Waals surface area contributed by atoms with Gasteiger partial charge in [0.05, 0.1) is 12.1 Å². The fourth-order valence-electron chi connectivity index (χ4n) is 6.80. The molecule has 0 unspecified atom stereocenters. The van der Waals surface area contributed by atoms with Crippen molar-refractivity contribution in [2.75, 3.05) is 44.3 Å². The van der Waals surface area contributed by atoms with Gasteiger partial charge in [-0.05, 0) is 74.3 Å². The zero-order chi connectivity index (χ0) is 35.0. The highest BCUT2D eigenvalue weighted by atomic mass is 32.2. The lowest BCUT2D eigenvalue weighted by molar-refractivity contribution is -0.132. The number of amides is 2. The molecule has 13 heteroatoms. The smallest absolute Gasteiger partial charge is 0.241 e. The van der Waals surface area contributed by atoms with E-state index in [1.54, 1.807) is 24.3 Å². The third-order valence-corrected chi connectivity index (χ3v) is 11.4. The molecule has 0 spiro atoms. The molecule has 3 aliphatic rings. The minimum absolute atomic E-state index is 0.0522. The van der Waals surface area contributed by atoms with E-state index in [-0.39, 0.29) is 17.9 Å². The zero-order valence-corrected chi connectivity index (χ0v) is 29.7. The van der Waals surface area contributed by atoms with Crippen LogP contribution in [0.25, 0.3) is 39.1 Å². The van der Waals surface area contributed by atoms with Crippen LogP contribution in [0.5, 0.6) is 5.88 Å². The second-order valence-corrected chi connectivity index (χ2v) is 14.7. The van der Waals surface area contributed by atoms with Crippen molar-refractivity contribution < 1.29 is 14.3 Å². The molecule has 1 saturated carbocycles. The van der Waals surface area contributed by atoms with Gasteiger partial charge in [0.1, 0.15) is 22.9 Å². The molecule has 5 aromatic rings. The van der Waals surface area contributed by atoms with Gasteiger partial charge in [-0.25, -0.2) is 9.97 Å². The molecule has 2 fully saturated rings. The highest BCUT2D eigenvalue weighted by molar-refractivity contribution is 8.00. The van der Waals surface area contributed by atoms with E-state index in [0.717, 1.165) is 64.9 Å². The highest BCUT2D eigenvalue weighted by Gasteiger charge is 2.44. The van der Waals surface area contributed by atoms with Gasteiger partial charge in [-0.2, -0.15) is 10.2 Å². The summed E-state index contributed by atoms with van der Waals surface area (Å²) in [6.07, 6.45) is 11.6. The average molecular weight is 704 g/mol. The van der Waals surface area contributed by atoms with Crippen molar-refractivity contribution in [3.63, 3.8) is 0 Å². The van der Waals surface area contributed by atoms with Crippen molar-refractivity contribution in [1.82, 2.24) is 39.7 Å². The molecule has 2 aromatic carbocycles. The zero-order valence-electron chi connectivity index (χ0n) is 28.8. The number of nitrogens with zero attached hydrogens (tertiary/aromatic N) is 7. The van der Waals surface area contributed by atoms with Crippen molar-refractivity contribution in [2.24, 2.45) is 0 Å². The van der Waals surface area contributed by atoms with Crippen LogP contribution in [0.2, 0.25) is 0 Å². The van der Waals surface area contributed by atoms with Crippen molar-refractivity contribution in [3.05, 3.63) is 78.8 Å². The molecule has 5 heterocycles. The van der Waals surface area contributed by atoms with Crippen LogP contribution in [0.1, 0.15) is 38.2 Å². The van der Waals surface area contributed by atoms with Crippen LogP contribution in [0, 0.1) is 0 Å². The normalized spacial score (nSPS) is 19.3. The van der Waals surface area contributed by atoms with E-state index in [4.69, 9.17) is 4.74 Å². The maximum atomic E-state index is 13.8. The third kappa shape index (κ3) is 7.00. The Labute approximate surface area is 300 Å². The van der Waals surface area contributed by atoms with Gasteiger partial charge in [-0.3, -0.25) is 24.3 Å². The molecule has 2 aliphatic heterocycles. The summed E-state index contributed by atoms with van der Waals surface area (Å²) in [5.74, 6) is 1.39. The first kappa shape index (κ1) is 33.2. The number of likely N-dealkylation sites (tertiary alicyclic amines) is 1. The fourth-order valence-corrected chi connectivity index (χ4v) is 7.65. The van der Waals surface area contributed by atoms with E-state index in [0.29, 0.717) is 50.7 Å². The topological polar surface area (TPSA) is 134 Å². The van der Waals surface area contributed by atoms with Crippen molar-refractivity contribution >= 4 is 45.7 Å². The largest absolute Gasteiger partial charge is 0.474 e. The van der Waals surface area contributed by atoms with Gasteiger partial charge < -0.3 is 15.0 Å². The predicted molar refractivity (Wildman–Crippen MR) is 199 cm³/mol. The molecule has 2 amide bonds. The molecule has 8 rings (SSSR count). The number of fused-ring (bicyclic) bond motifs is 1. The quantitative estimate of drug-likeness (QED) is 0.183. The number of thioether (sulfide) groups is 1. The maximum Gasteiger partial charge on any atom is 0.241 e. The molecule has 2 N–H and O–H groups in total.